The first kappa shape index (κ1) is 16.8. The third kappa shape index (κ3) is 3.78. The van der Waals surface area contributed by atoms with E-state index < -0.39 is 16.1 Å². The summed E-state index contributed by atoms with van der Waals surface area (Å²) < 4.78 is 31.6. The quantitative estimate of drug-likeness (QED) is 0.917. The number of hydrogen-bond donors (Lipinski definition) is 1. The van der Waals surface area contributed by atoms with Crippen LogP contribution in [0.15, 0.2) is 29.2 Å². The number of nitrogens with one attached hydrogen (secondary N) is 1. The molecule has 1 aliphatic heterocycles. The molecule has 22 heavy (non-hydrogen) atoms. The monoisotopic (exact) mass is 326 g/mol. The predicted octanol–water partition coefficient (Wildman–Crippen LogP) is 1.89. The molecule has 1 N–H and O–H groups in total. The third-order valence-electron chi connectivity index (χ3n) is 3.76. The van der Waals surface area contributed by atoms with E-state index in [-0.39, 0.29) is 6.04 Å². The zero-order valence-electron chi connectivity index (χ0n) is 12.9. The van der Waals surface area contributed by atoms with Crippen LogP contribution >= 0.6 is 0 Å². The van der Waals surface area contributed by atoms with Gasteiger partial charge in [-0.25, -0.2) is 13.2 Å². The van der Waals surface area contributed by atoms with E-state index in [0.717, 1.165) is 5.56 Å². The van der Waals surface area contributed by atoms with E-state index in [9.17, 15) is 13.2 Å². The fraction of sp³-hybridized carbons (Fsp3) is 0.533. The van der Waals surface area contributed by atoms with Crippen LogP contribution in [0.3, 0.4) is 0 Å². The number of alkyl carbamates (subject to hydrolysis) is 1. The van der Waals surface area contributed by atoms with Crippen molar-refractivity contribution in [2.24, 2.45) is 0 Å². The van der Waals surface area contributed by atoms with Gasteiger partial charge in [0.05, 0.1) is 11.5 Å². The Hall–Kier alpha value is -1.60. The number of sulfonamides is 1. The predicted molar refractivity (Wildman–Crippen MR) is 83.1 cm³/mol. The fourth-order valence-corrected chi connectivity index (χ4v) is 4.26. The lowest BCUT2D eigenvalue weighted by molar-refractivity contribution is 0.143. The molecule has 122 valence electrons. The summed E-state index contributed by atoms with van der Waals surface area (Å²) in [6.45, 7) is 4.66. The number of benzene rings is 1. The molecule has 1 aromatic rings. The van der Waals surface area contributed by atoms with E-state index >= 15 is 0 Å². The number of aryl methyl sites for hydroxylation is 1. The van der Waals surface area contributed by atoms with Gasteiger partial charge in [0.15, 0.2) is 0 Å². The van der Waals surface area contributed by atoms with Crippen molar-refractivity contribution in [2.75, 3.05) is 19.7 Å². The van der Waals surface area contributed by atoms with E-state index in [1.54, 1.807) is 32.0 Å². The van der Waals surface area contributed by atoms with Gasteiger partial charge >= 0.3 is 6.09 Å². The molecule has 0 atom stereocenters. The number of carbonyl (C=O) groups is 1. The van der Waals surface area contributed by atoms with Crippen molar-refractivity contribution < 1.29 is 17.9 Å². The molecular formula is C15H22N2O4S. The van der Waals surface area contributed by atoms with E-state index in [1.165, 1.54) is 4.31 Å². The highest BCUT2D eigenvalue weighted by atomic mass is 32.2. The van der Waals surface area contributed by atoms with Gasteiger partial charge in [-0.1, -0.05) is 18.2 Å². The van der Waals surface area contributed by atoms with E-state index in [1.807, 2.05) is 6.07 Å². The first-order valence-corrected chi connectivity index (χ1v) is 8.88. The van der Waals surface area contributed by atoms with Gasteiger partial charge in [-0.05, 0) is 38.3 Å². The minimum Gasteiger partial charge on any atom is -0.450 e. The van der Waals surface area contributed by atoms with Crippen molar-refractivity contribution in [1.29, 1.82) is 0 Å². The van der Waals surface area contributed by atoms with Crippen LogP contribution in [0.2, 0.25) is 0 Å². The first-order chi connectivity index (χ1) is 10.4. The summed E-state index contributed by atoms with van der Waals surface area (Å²) in [6, 6.07) is 6.94. The number of carbonyl (C=O) groups excluding carboxylic acids is 1. The molecular weight excluding hydrogens is 304 g/mol. The number of rotatable bonds is 4. The molecule has 1 aliphatic rings. The Bertz CT molecular complexity index is 622. The van der Waals surface area contributed by atoms with Gasteiger partial charge in [0.25, 0.3) is 0 Å². The van der Waals surface area contributed by atoms with Crippen LogP contribution in [0.1, 0.15) is 25.3 Å². The second-order valence-corrected chi connectivity index (χ2v) is 7.22. The maximum atomic E-state index is 12.7. The minimum absolute atomic E-state index is 0.0395. The molecule has 1 fully saturated rings. The number of piperidine rings is 1. The van der Waals surface area contributed by atoms with Crippen LogP contribution < -0.4 is 5.32 Å². The topological polar surface area (TPSA) is 75.7 Å². The summed E-state index contributed by atoms with van der Waals surface area (Å²) in [5.74, 6) is 0. The Morgan fingerprint density at radius 3 is 2.55 bits per heavy atom. The highest BCUT2D eigenvalue weighted by Gasteiger charge is 2.30. The van der Waals surface area contributed by atoms with Crippen LogP contribution in [0.4, 0.5) is 4.79 Å². The molecule has 0 spiro atoms. The second kappa shape index (κ2) is 7.11. The first-order valence-electron chi connectivity index (χ1n) is 7.44. The number of ether oxygens (including phenoxy) is 1. The standard InChI is InChI=1S/C15H22N2O4S/c1-3-21-15(18)16-13-8-10-17(11-9-13)22(19,20)14-7-5-4-6-12(14)2/h4-7,13H,3,8-11H2,1-2H3,(H,16,18). The molecule has 0 unspecified atom stereocenters. The van der Waals surface area contributed by atoms with E-state index in [0.29, 0.717) is 37.4 Å². The van der Waals surface area contributed by atoms with Crippen LogP contribution in [-0.4, -0.2) is 44.6 Å². The number of nitrogens with zero attached hydrogens (tertiary/aromatic N) is 1. The number of amides is 1. The average Bonchev–Trinajstić information content (AvgIpc) is 2.48. The minimum atomic E-state index is -3.47. The molecule has 1 saturated heterocycles. The van der Waals surface area contributed by atoms with Gasteiger partial charge in [-0.2, -0.15) is 4.31 Å². The molecule has 7 heteroatoms. The average molecular weight is 326 g/mol. The van der Waals surface area contributed by atoms with Crippen molar-refractivity contribution >= 4 is 16.1 Å². The molecule has 0 radical (unpaired) electrons. The lowest BCUT2D eigenvalue weighted by Crippen LogP contribution is -2.46. The molecule has 0 saturated carbocycles. The van der Waals surface area contributed by atoms with Crippen molar-refractivity contribution in [1.82, 2.24) is 9.62 Å². The van der Waals surface area contributed by atoms with E-state index in [2.05, 4.69) is 5.32 Å². The maximum absolute atomic E-state index is 12.7. The smallest absolute Gasteiger partial charge is 0.407 e. The number of hydrogen-bond acceptors (Lipinski definition) is 4. The Kier molecular flexibility index (Phi) is 5.42. The molecule has 0 aromatic heterocycles. The third-order valence-corrected chi connectivity index (χ3v) is 5.82. The highest BCUT2D eigenvalue weighted by Crippen LogP contribution is 2.23. The van der Waals surface area contributed by atoms with Gasteiger partial charge in [-0.3, -0.25) is 0 Å². The van der Waals surface area contributed by atoms with Gasteiger partial charge in [0.1, 0.15) is 0 Å². The van der Waals surface area contributed by atoms with Gasteiger partial charge in [-0.15, -0.1) is 0 Å². The van der Waals surface area contributed by atoms with Crippen LogP contribution in [0.25, 0.3) is 0 Å². The summed E-state index contributed by atoms with van der Waals surface area (Å²) in [5.41, 5.74) is 0.745. The Labute approximate surface area is 131 Å². The molecule has 6 nitrogen and oxygen atoms in total. The molecule has 1 aromatic carbocycles. The van der Waals surface area contributed by atoms with Crippen molar-refractivity contribution in [3.8, 4) is 0 Å². The summed E-state index contributed by atoms with van der Waals surface area (Å²) in [6.07, 6.45) is 0.733. The SMILES string of the molecule is CCOC(=O)NC1CCN(S(=O)(=O)c2ccccc2C)CC1. The summed E-state index contributed by atoms with van der Waals surface area (Å²) in [4.78, 5) is 11.7. The lowest BCUT2D eigenvalue weighted by atomic mass is 10.1. The largest absolute Gasteiger partial charge is 0.450 e. The summed E-state index contributed by atoms with van der Waals surface area (Å²) in [5, 5.41) is 2.76. The molecule has 0 bridgehead atoms. The summed E-state index contributed by atoms with van der Waals surface area (Å²) >= 11 is 0. The Balaban J connectivity index is 1.99. The van der Waals surface area contributed by atoms with Crippen molar-refractivity contribution in [3.05, 3.63) is 29.8 Å². The molecule has 1 heterocycles. The van der Waals surface area contributed by atoms with Crippen LogP contribution in [0.5, 0.6) is 0 Å². The normalized spacial score (nSPS) is 17.2. The van der Waals surface area contributed by atoms with Crippen molar-refractivity contribution in [3.63, 3.8) is 0 Å². The zero-order valence-corrected chi connectivity index (χ0v) is 13.7. The van der Waals surface area contributed by atoms with Gasteiger partial charge in [0.2, 0.25) is 10.0 Å². The maximum Gasteiger partial charge on any atom is 0.407 e. The molecule has 0 aliphatic carbocycles. The molecule has 1 amide bonds. The Morgan fingerprint density at radius 1 is 1.32 bits per heavy atom. The van der Waals surface area contributed by atoms with E-state index in [4.69, 9.17) is 4.74 Å². The lowest BCUT2D eigenvalue weighted by Gasteiger charge is -2.31. The Morgan fingerprint density at radius 2 is 1.95 bits per heavy atom. The molecule has 2 rings (SSSR count). The van der Waals surface area contributed by atoms with Crippen LogP contribution in [-0.2, 0) is 14.8 Å². The second-order valence-electron chi connectivity index (χ2n) is 5.31. The fourth-order valence-electron chi connectivity index (χ4n) is 2.56. The summed E-state index contributed by atoms with van der Waals surface area (Å²) in [7, 11) is -3.47. The zero-order chi connectivity index (χ0) is 16.2. The highest BCUT2D eigenvalue weighted by molar-refractivity contribution is 7.89. The van der Waals surface area contributed by atoms with Crippen molar-refractivity contribution in [2.45, 2.75) is 37.6 Å². The van der Waals surface area contributed by atoms with Gasteiger partial charge in [0, 0.05) is 19.1 Å². The van der Waals surface area contributed by atoms with Gasteiger partial charge < -0.3 is 10.1 Å². The van der Waals surface area contributed by atoms with Crippen LogP contribution in [0, 0.1) is 6.92 Å².